The van der Waals surface area contributed by atoms with E-state index < -0.39 is 11.7 Å². The molecule has 1 aromatic carbocycles. The fraction of sp³-hybridized carbons (Fsp3) is 0.450. The van der Waals surface area contributed by atoms with Crippen molar-refractivity contribution in [1.82, 2.24) is 5.32 Å². The maximum atomic E-state index is 13.5. The third kappa shape index (κ3) is 4.68. The Labute approximate surface area is 147 Å². The van der Waals surface area contributed by atoms with Gasteiger partial charge in [-0.3, -0.25) is 0 Å². The number of amides is 1. The first-order valence-electron chi connectivity index (χ1n) is 8.67. The highest BCUT2D eigenvalue weighted by atomic mass is 19.1. The van der Waals surface area contributed by atoms with E-state index in [1.54, 1.807) is 25.1 Å². The van der Waals surface area contributed by atoms with Crippen LogP contribution in [0.1, 0.15) is 44.6 Å². The zero-order valence-electron chi connectivity index (χ0n) is 14.7. The molecule has 1 unspecified atom stereocenters. The Bertz CT molecular complexity index is 634. The molecule has 1 aliphatic rings. The molecule has 0 spiro atoms. The lowest BCUT2D eigenvalue weighted by Gasteiger charge is -2.38. The third-order valence-corrected chi connectivity index (χ3v) is 4.80. The number of rotatable bonds is 6. The summed E-state index contributed by atoms with van der Waals surface area (Å²) in [5.41, 5.74) is -0.204. The number of hydrogen-bond donors (Lipinski definition) is 1. The maximum Gasteiger partial charge on any atom is 0.407 e. The lowest BCUT2D eigenvalue weighted by atomic mass is 9.77. The van der Waals surface area contributed by atoms with Crippen molar-refractivity contribution in [3.63, 3.8) is 0 Å². The van der Waals surface area contributed by atoms with Crippen molar-refractivity contribution in [3.8, 4) is 0 Å². The molecule has 3 nitrogen and oxygen atoms in total. The van der Waals surface area contributed by atoms with Crippen LogP contribution in [-0.4, -0.2) is 13.1 Å². The molecule has 2 rings (SSSR count). The van der Waals surface area contributed by atoms with Gasteiger partial charge in [0.05, 0.1) is 0 Å². The molecule has 0 bridgehead atoms. The van der Waals surface area contributed by atoms with Crippen molar-refractivity contribution in [2.75, 3.05) is 7.05 Å². The Kier molecular flexibility index (Phi) is 6.73. The highest BCUT2D eigenvalue weighted by Gasteiger charge is 2.44. The largest absolute Gasteiger partial charge is 0.437 e. The Morgan fingerprint density at radius 1 is 1.32 bits per heavy atom. The van der Waals surface area contributed by atoms with Crippen molar-refractivity contribution in [2.45, 2.75) is 44.6 Å². The molecule has 1 N–H and O–H groups in total. The minimum absolute atomic E-state index is 0.105. The van der Waals surface area contributed by atoms with Crippen LogP contribution in [0.25, 0.3) is 0 Å². The van der Waals surface area contributed by atoms with Gasteiger partial charge in [0, 0.05) is 19.4 Å². The SMILES string of the molecule is C/C=C(F)\C=C/CC(OC(=O)NC)(c1ccc(F)cc1)C1CCCC1. The van der Waals surface area contributed by atoms with Gasteiger partial charge in [-0.15, -0.1) is 0 Å². The molecule has 25 heavy (non-hydrogen) atoms. The summed E-state index contributed by atoms with van der Waals surface area (Å²) in [4.78, 5) is 12.1. The second-order valence-corrected chi connectivity index (χ2v) is 6.30. The highest BCUT2D eigenvalue weighted by Crippen LogP contribution is 2.46. The number of nitrogens with one attached hydrogen (secondary N) is 1. The normalized spacial score (nSPS) is 18.3. The number of allylic oxidation sites excluding steroid dienone is 3. The number of halogens is 2. The molecule has 1 atom stereocenters. The van der Waals surface area contributed by atoms with Crippen LogP contribution < -0.4 is 5.32 Å². The average molecular weight is 349 g/mol. The van der Waals surface area contributed by atoms with Crippen LogP contribution in [0.3, 0.4) is 0 Å². The zero-order chi connectivity index (χ0) is 18.3. The number of ether oxygens (including phenoxy) is 1. The van der Waals surface area contributed by atoms with Crippen LogP contribution in [0.4, 0.5) is 13.6 Å². The summed E-state index contributed by atoms with van der Waals surface area (Å²) in [5.74, 6) is -0.590. The molecule has 1 aromatic rings. The lowest BCUT2D eigenvalue weighted by molar-refractivity contribution is -0.0358. The molecule has 1 amide bonds. The van der Waals surface area contributed by atoms with Gasteiger partial charge in [-0.05, 0) is 43.5 Å². The monoisotopic (exact) mass is 349 g/mol. The molecule has 0 aromatic heterocycles. The zero-order valence-corrected chi connectivity index (χ0v) is 14.7. The van der Waals surface area contributed by atoms with E-state index >= 15 is 0 Å². The number of alkyl carbamates (subject to hydrolysis) is 1. The van der Waals surface area contributed by atoms with E-state index in [4.69, 9.17) is 4.74 Å². The van der Waals surface area contributed by atoms with E-state index in [0.29, 0.717) is 6.42 Å². The first-order valence-corrected chi connectivity index (χ1v) is 8.67. The van der Waals surface area contributed by atoms with Crippen LogP contribution in [-0.2, 0) is 10.3 Å². The first-order chi connectivity index (χ1) is 12.0. The molecule has 1 fully saturated rings. The van der Waals surface area contributed by atoms with Gasteiger partial charge in [0.2, 0.25) is 0 Å². The van der Waals surface area contributed by atoms with Gasteiger partial charge >= 0.3 is 6.09 Å². The van der Waals surface area contributed by atoms with E-state index in [0.717, 1.165) is 31.2 Å². The Morgan fingerprint density at radius 3 is 2.52 bits per heavy atom. The van der Waals surface area contributed by atoms with E-state index in [2.05, 4.69) is 5.32 Å². The Morgan fingerprint density at radius 2 is 1.96 bits per heavy atom. The van der Waals surface area contributed by atoms with Crippen LogP contribution in [0.15, 0.2) is 48.3 Å². The van der Waals surface area contributed by atoms with Crippen molar-refractivity contribution < 1.29 is 18.3 Å². The van der Waals surface area contributed by atoms with Crippen LogP contribution in [0.5, 0.6) is 0 Å². The summed E-state index contributed by atoms with van der Waals surface area (Å²) in [5, 5.41) is 2.49. The second kappa shape index (κ2) is 8.79. The Hall–Kier alpha value is -2.17. The summed E-state index contributed by atoms with van der Waals surface area (Å²) in [6.07, 6.45) is 8.14. The molecule has 0 saturated heterocycles. The van der Waals surface area contributed by atoms with Gasteiger partial charge in [0.15, 0.2) is 0 Å². The molecule has 5 heteroatoms. The average Bonchev–Trinajstić information content (AvgIpc) is 3.16. The molecule has 1 saturated carbocycles. The van der Waals surface area contributed by atoms with Gasteiger partial charge in [0.25, 0.3) is 0 Å². The predicted octanol–water partition coefficient (Wildman–Crippen LogP) is 5.39. The smallest absolute Gasteiger partial charge is 0.407 e. The number of carbonyl (C=O) groups excluding carboxylic acids is 1. The van der Waals surface area contributed by atoms with E-state index in [1.165, 1.54) is 31.3 Å². The highest BCUT2D eigenvalue weighted by molar-refractivity contribution is 5.67. The van der Waals surface area contributed by atoms with Gasteiger partial charge in [-0.1, -0.05) is 37.1 Å². The second-order valence-electron chi connectivity index (χ2n) is 6.30. The van der Waals surface area contributed by atoms with Crippen LogP contribution in [0.2, 0.25) is 0 Å². The summed E-state index contributed by atoms with van der Waals surface area (Å²) < 4.78 is 32.7. The lowest BCUT2D eigenvalue weighted by Crippen LogP contribution is -2.41. The molecular formula is C20H25F2NO2. The molecular weight excluding hydrogens is 324 g/mol. The third-order valence-electron chi connectivity index (χ3n) is 4.80. The van der Waals surface area contributed by atoms with Crippen LogP contribution >= 0.6 is 0 Å². The maximum absolute atomic E-state index is 13.5. The van der Waals surface area contributed by atoms with E-state index in [1.807, 2.05) is 0 Å². The molecule has 0 aliphatic heterocycles. The quantitative estimate of drug-likeness (QED) is 0.700. The fourth-order valence-corrected chi connectivity index (χ4v) is 3.49. The number of benzene rings is 1. The van der Waals surface area contributed by atoms with Crippen molar-refractivity contribution in [2.24, 2.45) is 5.92 Å². The summed E-state index contributed by atoms with van der Waals surface area (Å²) in [6.45, 7) is 1.62. The minimum Gasteiger partial charge on any atom is -0.437 e. The molecule has 1 aliphatic carbocycles. The summed E-state index contributed by atoms with van der Waals surface area (Å²) in [7, 11) is 1.50. The van der Waals surface area contributed by atoms with Crippen LogP contribution in [0, 0.1) is 11.7 Å². The molecule has 136 valence electrons. The van der Waals surface area contributed by atoms with E-state index in [9.17, 15) is 13.6 Å². The topological polar surface area (TPSA) is 38.3 Å². The Balaban J connectivity index is 2.45. The van der Waals surface area contributed by atoms with Crippen molar-refractivity contribution in [3.05, 3.63) is 59.7 Å². The van der Waals surface area contributed by atoms with Crippen molar-refractivity contribution in [1.29, 1.82) is 0 Å². The van der Waals surface area contributed by atoms with Gasteiger partial charge in [0.1, 0.15) is 17.2 Å². The summed E-state index contributed by atoms with van der Waals surface area (Å²) >= 11 is 0. The number of hydrogen-bond acceptors (Lipinski definition) is 2. The number of carbonyl (C=O) groups is 1. The minimum atomic E-state index is -0.936. The first kappa shape index (κ1) is 19.2. The van der Waals surface area contributed by atoms with Gasteiger partial charge < -0.3 is 10.1 Å². The predicted molar refractivity (Wildman–Crippen MR) is 94.2 cm³/mol. The standard InChI is InChI=1S/C20H25F2NO2/c1-3-17(21)9-6-14-20(25-19(24)23-2,15-7-4-5-8-15)16-10-12-18(22)13-11-16/h3,6,9-13,15H,4-5,7-8,14H2,1-2H3,(H,23,24)/b9-6-,17-3+. The van der Waals surface area contributed by atoms with Gasteiger partial charge in [-0.2, -0.15) is 0 Å². The van der Waals surface area contributed by atoms with Gasteiger partial charge in [-0.25, -0.2) is 13.6 Å². The fourth-order valence-electron chi connectivity index (χ4n) is 3.49. The van der Waals surface area contributed by atoms with Crippen molar-refractivity contribution >= 4 is 6.09 Å². The summed E-state index contributed by atoms with van der Waals surface area (Å²) in [6, 6.07) is 6.03. The molecule has 0 heterocycles. The van der Waals surface area contributed by atoms with E-state index in [-0.39, 0.29) is 17.6 Å². The molecule has 0 radical (unpaired) electrons.